The number of aliphatic hydroxyl groups excluding tert-OH is 1. The minimum atomic E-state index is -4.03. The molecule has 3 N–H and O–H groups in total. The molecule has 0 aromatic heterocycles. The summed E-state index contributed by atoms with van der Waals surface area (Å²) in [6.45, 7) is 1.27. The molecule has 8 nitrogen and oxygen atoms in total. The van der Waals surface area contributed by atoms with E-state index in [-0.39, 0.29) is 17.3 Å². The van der Waals surface area contributed by atoms with E-state index >= 15 is 0 Å². The molecule has 2 rings (SSSR count). The van der Waals surface area contributed by atoms with Gasteiger partial charge in [0.15, 0.2) is 0 Å². The molecule has 156 valence electrons. The van der Waals surface area contributed by atoms with E-state index in [4.69, 9.17) is 16.3 Å². The Balaban J connectivity index is 2.02. The lowest BCUT2D eigenvalue weighted by Crippen LogP contribution is -2.46. The lowest BCUT2D eigenvalue weighted by molar-refractivity contribution is -0.142. The number of carbonyl (C=O) groups excluding carboxylic acids is 2. The van der Waals surface area contributed by atoms with Crippen LogP contribution in [0.3, 0.4) is 0 Å². The number of nitrogens with one attached hydrogen (secondary N) is 2. The van der Waals surface area contributed by atoms with Gasteiger partial charge >= 0.3 is 5.97 Å². The van der Waals surface area contributed by atoms with Crippen LogP contribution in [0.4, 0.5) is 5.69 Å². The standard InChI is InChI=1S/C19H21ClN2O6S/c1-2-28-18(24)11-13-3-7-15(8-4-13)21-19(25)17(12-23)22-29(26,27)16-9-5-14(20)6-10-16/h3-10,17,22-23H,2,11-12H2,1H3,(H,21,25). The van der Waals surface area contributed by atoms with Crippen molar-refractivity contribution in [2.24, 2.45) is 0 Å². The van der Waals surface area contributed by atoms with Crippen molar-refractivity contribution < 1.29 is 27.9 Å². The Morgan fingerprint density at radius 1 is 1.10 bits per heavy atom. The second kappa shape index (κ2) is 10.4. The Bertz CT molecular complexity index is 946. The molecule has 0 saturated heterocycles. The van der Waals surface area contributed by atoms with Crippen LogP contribution in [0.2, 0.25) is 5.02 Å². The molecule has 0 aliphatic heterocycles. The van der Waals surface area contributed by atoms with Gasteiger partial charge in [-0.05, 0) is 48.9 Å². The van der Waals surface area contributed by atoms with Crippen LogP contribution in [-0.4, -0.2) is 44.7 Å². The third-order valence-electron chi connectivity index (χ3n) is 3.80. The van der Waals surface area contributed by atoms with Gasteiger partial charge in [0.2, 0.25) is 15.9 Å². The number of hydrogen-bond acceptors (Lipinski definition) is 6. The number of sulfonamides is 1. The van der Waals surface area contributed by atoms with Crippen molar-refractivity contribution in [1.29, 1.82) is 0 Å². The summed E-state index contributed by atoms with van der Waals surface area (Å²) in [5, 5.41) is 12.3. The van der Waals surface area contributed by atoms with Crippen molar-refractivity contribution in [3.05, 3.63) is 59.1 Å². The molecule has 10 heteroatoms. The van der Waals surface area contributed by atoms with Gasteiger partial charge in [-0.3, -0.25) is 9.59 Å². The second-order valence-corrected chi connectivity index (χ2v) is 8.13. The van der Waals surface area contributed by atoms with Crippen molar-refractivity contribution in [3.63, 3.8) is 0 Å². The van der Waals surface area contributed by atoms with Crippen LogP contribution in [0.1, 0.15) is 12.5 Å². The number of carbonyl (C=O) groups is 2. The summed E-state index contributed by atoms with van der Waals surface area (Å²) in [5.41, 5.74) is 1.08. The van der Waals surface area contributed by atoms with E-state index < -0.39 is 28.6 Å². The number of hydrogen-bond donors (Lipinski definition) is 3. The molecule has 0 spiro atoms. The van der Waals surface area contributed by atoms with Crippen LogP contribution in [-0.2, 0) is 30.8 Å². The number of halogens is 1. The zero-order valence-corrected chi connectivity index (χ0v) is 17.2. The minimum Gasteiger partial charge on any atom is -0.466 e. The zero-order chi connectivity index (χ0) is 21.4. The first-order chi connectivity index (χ1) is 13.7. The van der Waals surface area contributed by atoms with Crippen LogP contribution in [0.5, 0.6) is 0 Å². The molecule has 2 aromatic rings. The highest BCUT2D eigenvalue weighted by Gasteiger charge is 2.25. The highest BCUT2D eigenvalue weighted by molar-refractivity contribution is 7.89. The molecular formula is C19H21ClN2O6S. The number of rotatable bonds is 9. The molecule has 0 bridgehead atoms. The van der Waals surface area contributed by atoms with E-state index in [9.17, 15) is 23.1 Å². The van der Waals surface area contributed by atoms with Gasteiger partial charge in [0.05, 0.1) is 24.5 Å². The molecule has 1 atom stereocenters. The summed E-state index contributed by atoms with van der Waals surface area (Å²) in [6, 6.07) is 10.4. The third kappa shape index (κ3) is 6.82. The topological polar surface area (TPSA) is 122 Å². The summed E-state index contributed by atoms with van der Waals surface area (Å²) in [7, 11) is -4.03. The van der Waals surface area contributed by atoms with Crippen molar-refractivity contribution in [1.82, 2.24) is 4.72 Å². The normalized spacial score (nSPS) is 12.2. The monoisotopic (exact) mass is 440 g/mol. The molecule has 1 unspecified atom stereocenters. The van der Waals surface area contributed by atoms with Crippen LogP contribution in [0, 0.1) is 0 Å². The summed E-state index contributed by atoms with van der Waals surface area (Å²) in [5.74, 6) is -1.09. The summed E-state index contributed by atoms with van der Waals surface area (Å²) < 4.78 is 31.8. The SMILES string of the molecule is CCOC(=O)Cc1ccc(NC(=O)C(CO)NS(=O)(=O)c2ccc(Cl)cc2)cc1. The van der Waals surface area contributed by atoms with Crippen LogP contribution < -0.4 is 10.0 Å². The van der Waals surface area contributed by atoms with Crippen LogP contribution >= 0.6 is 11.6 Å². The quantitative estimate of drug-likeness (QED) is 0.510. The number of amides is 1. The fourth-order valence-electron chi connectivity index (χ4n) is 2.36. The van der Waals surface area contributed by atoms with Gasteiger partial charge in [-0.1, -0.05) is 23.7 Å². The number of anilines is 1. The molecular weight excluding hydrogens is 420 g/mol. The molecule has 0 saturated carbocycles. The summed E-state index contributed by atoms with van der Waals surface area (Å²) in [4.78, 5) is 23.8. The van der Waals surface area contributed by atoms with Gasteiger partial charge in [0.1, 0.15) is 6.04 Å². The first-order valence-corrected chi connectivity index (χ1v) is 10.6. The maximum Gasteiger partial charge on any atom is 0.310 e. The lowest BCUT2D eigenvalue weighted by atomic mass is 10.1. The second-order valence-electron chi connectivity index (χ2n) is 5.98. The van der Waals surface area contributed by atoms with Gasteiger partial charge in [-0.25, -0.2) is 8.42 Å². The maximum atomic E-state index is 12.4. The van der Waals surface area contributed by atoms with E-state index in [1.54, 1.807) is 31.2 Å². The third-order valence-corrected chi connectivity index (χ3v) is 5.54. The lowest BCUT2D eigenvalue weighted by Gasteiger charge is -2.16. The van der Waals surface area contributed by atoms with Gasteiger partial charge < -0.3 is 15.2 Å². The van der Waals surface area contributed by atoms with E-state index in [1.165, 1.54) is 24.3 Å². The smallest absolute Gasteiger partial charge is 0.310 e. The fourth-order valence-corrected chi connectivity index (χ4v) is 3.67. The van der Waals surface area contributed by atoms with Gasteiger partial charge in [-0.15, -0.1) is 0 Å². The number of ether oxygens (including phenoxy) is 1. The largest absolute Gasteiger partial charge is 0.466 e. The maximum absolute atomic E-state index is 12.4. The average molecular weight is 441 g/mol. The van der Waals surface area contributed by atoms with Crippen LogP contribution in [0.25, 0.3) is 0 Å². The Kier molecular flexibility index (Phi) is 8.15. The van der Waals surface area contributed by atoms with Crippen molar-refractivity contribution in [3.8, 4) is 0 Å². The Morgan fingerprint density at radius 2 is 1.72 bits per heavy atom. The van der Waals surface area contributed by atoms with E-state index in [2.05, 4.69) is 10.0 Å². The van der Waals surface area contributed by atoms with E-state index in [0.717, 1.165) is 0 Å². The van der Waals surface area contributed by atoms with E-state index in [0.29, 0.717) is 22.9 Å². The van der Waals surface area contributed by atoms with E-state index in [1.807, 2.05) is 0 Å². The first-order valence-electron chi connectivity index (χ1n) is 8.69. The predicted molar refractivity (Wildman–Crippen MR) is 108 cm³/mol. The Hall–Kier alpha value is -2.46. The summed E-state index contributed by atoms with van der Waals surface area (Å²) >= 11 is 5.75. The first kappa shape index (κ1) is 22.8. The minimum absolute atomic E-state index is 0.0866. The molecule has 0 radical (unpaired) electrons. The Morgan fingerprint density at radius 3 is 2.28 bits per heavy atom. The molecule has 29 heavy (non-hydrogen) atoms. The summed E-state index contributed by atoms with van der Waals surface area (Å²) in [6.07, 6.45) is 0.0994. The zero-order valence-electron chi connectivity index (χ0n) is 15.6. The highest BCUT2D eigenvalue weighted by atomic mass is 35.5. The van der Waals surface area contributed by atoms with Crippen molar-refractivity contribution in [2.75, 3.05) is 18.5 Å². The highest BCUT2D eigenvalue weighted by Crippen LogP contribution is 2.15. The predicted octanol–water partition coefficient (Wildman–Crippen LogP) is 1.72. The van der Waals surface area contributed by atoms with Gasteiger partial charge in [0.25, 0.3) is 0 Å². The van der Waals surface area contributed by atoms with Crippen molar-refractivity contribution in [2.45, 2.75) is 24.3 Å². The average Bonchev–Trinajstić information content (AvgIpc) is 2.68. The molecule has 0 aliphatic rings. The number of aliphatic hydroxyl groups is 1. The number of benzene rings is 2. The van der Waals surface area contributed by atoms with Crippen molar-refractivity contribution >= 4 is 39.2 Å². The molecule has 1 amide bonds. The molecule has 0 fully saturated rings. The molecule has 2 aromatic carbocycles. The van der Waals surface area contributed by atoms with Gasteiger partial charge in [-0.2, -0.15) is 4.72 Å². The number of esters is 1. The van der Waals surface area contributed by atoms with Crippen LogP contribution in [0.15, 0.2) is 53.4 Å². The molecule has 0 aliphatic carbocycles. The fraction of sp³-hybridized carbons (Fsp3) is 0.263. The molecule has 0 heterocycles. The Labute approximate surface area is 173 Å². The van der Waals surface area contributed by atoms with Gasteiger partial charge in [0, 0.05) is 10.7 Å².